The summed E-state index contributed by atoms with van der Waals surface area (Å²) in [6.45, 7) is 4.83. The third-order valence-electron chi connectivity index (χ3n) is 12.5. The second-order valence-corrected chi connectivity index (χ2v) is 16.2. The smallest absolute Gasteiger partial charge is 0.0496 e. The van der Waals surface area contributed by atoms with Crippen LogP contribution in [0.5, 0.6) is 0 Å². The van der Waals surface area contributed by atoms with Crippen molar-refractivity contribution in [3.05, 3.63) is 172 Å². The van der Waals surface area contributed by atoms with Gasteiger partial charge in [-0.3, -0.25) is 0 Å². The lowest BCUT2D eigenvalue weighted by Crippen LogP contribution is -2.18. The number of benzene rings is 6. The maximum absolute atomic E-state index is 2.61. The third kappa shape index (κ3) is 6.19. The molecule has 4 bridgehead atoms. The van der Waals surface area contributed by atoms with Gasteiger partial charge in [-0.05, 0) is 136 Å². The van der Waals surface area contributed by atoms with Crippen molar-refractivity contribution < 1.29 is 0 Å². The highest BCUT2D eigenvalue weighted by Crippen LogP contribution is 2.54. The van der Waals surface area contributed by atoms with Gasteiger partial charge >= 0.3 is 0 Å². The molecule has 52 heavy (non-hydrogen) atoms. The molecule has 6 aliphatic carbocycles. The van der Waals surface area contributed by atoms with Gasteiger partial charge in [0.2, 0.25) is 0 Å². The van der Waals surface area contributed by atoms with Gasteiger partial charge in [0.15, 0.2) is 0 Å². The molecule has 0 saturated heterocycles. The molecule has 0 N–H and O–H groups in total. The predicted octanol–water partition coefficient (Wildman–Crippen LogP) is 13.8. The van der Waals surface area contributed by atoms with Crippen molar-refractivity contribution in [3.8, 4) is 22.3 Å². The van der Waals surface area contributed by atoms with Gasteiger partial charge in [-0.25, -0.2) is 0 Å². The minimum absolute atomic E-state index is 0.118. The number of hydrogen-bond acceptors (Lipinski definition) is 1. The van der Waals surface area contributed by atoms with Gasteiger partial charge in [0, 0.05) is 22.5 Å². The SMILES string of the molecule is CC1(C)c2ccccc2-c2c(-c3ccccc3)cc(N(c3ccc(C4CCCCCCC4)cc3)c3cc4ccc3CCc3ccc(cc3)CC4)cc21. The lowest BCUT2D eigenvalue weighted by atomic mass is 9.81. The normalized spacial score (nSPS) is 16.7. The highest BCUT2D eigenvalue weighted by molar-refractivity contribution is 5.96. The fourth-order valence-electron chi connectivity index (χ4n) is 9.51. The van der Waals surface area contributed by atoms with Crippen LogP contribution in [0.3, 0.4) is 0 Å². The van der Waals surface area contributed by atoms with Crippen molar-refractivity contribution in [2.24, 2.45) is 0 Å². The second-order valence-electron chi connectivity index (χ2n) is 16.2. The third-order valence-corrected chi connectivity index (χ3v) is 12.5. The Labute approximate surface area is 311 Å². The van der Waals surface area contributed by atoms with Crippen molar-refractivity contribution in [1.82, 2.24) is 0 Å². The van der Waals surface area contributed by atoms with E-state index in [0.29, 0.717) is 5.92 Å². The summed E-state index contributed by atoms with van der Waals surface area (Å²) in [4.78, 5) is 2.61. The van der Waals surface area contributed by atoms with Crippen LogP contribution in [0.25, 0.3) is 22.3 Å². The largest absolute Gasteiger partial charge is 0.310 e. The summed E-state index contributed by atoms with van der Waals surface area (Å²) < 4.78 is 0. The number of rotatable bonds is 5. The molecule has 1 nitrogen and oxygen atoms in total. The zero-order valence-corrected chi connectivity index (χ0v) is 31.0. The molecular formula is C51H51N. The number of nitrogens with zero attached hydrogens (tertiary/aromatic N) is 1. The highest BCUT2D eigenvalue weighted by atomic mass is 15.1. The standard InChI is InChI=1S/C51H51N/c1-51(2)47-18-12-11-17-45(47)50-46(41-15-9-6-10-16-41)34-44(35-48(50)51)52(43-31-29-40(30-32-43)39-13-7-4-3-5-8-14-39)49-33-38-24-23-36-19-21-37(22-20-36)25-27-42(49)28-26-38/h6,9-12,15-22,26,28-35,39H,3-5,7-8,13-14,23-25,27H2,1-2H3. The van der Waals surface area contributed by atoms with Crippen LogP contribution in [0.4, 0.5) is 17.1 Å². The first kappa shape index (κ1) is 33.0. The lowest BCUT2D eigenvalue weighted by Gasteiger charge is -2.31. The summed E-state index contributed by atoms with van der Waals surface area (Å²) in [5.74, 6) is 0.669. The van der Waals surface area contributed by atoms with Crippen LogP contribution in [0, 0.1) is 0 Å². The molecule has 6 aromatic rings. The van der Waals surface area contributed by atoms with E-state index in [9.17, 15) is 0 Å². The number of hydrogen-bond donors (Lipinski definition) is 0. The van der Waals surface area contributed by atoms with Crippen LogP contribution < -0.4 is 4.90 Å². The van der Waals surface area contributed by atoms with Crippen LogP contribution in [0.15, 0.2) is 133 Å². The minimum Gasteiger partial charge on any atom is -0.310 e. The molecular weight excluding hydrogens is 627 g/mol. The fraction of sp³-hybridized carbons (Fsp3) is 0.294. The Hall–Kier alpha value is -4.88. The molecule has 0 atom stereocenters. The Morgan fingerprint density at radius 2 is 1.13 bits per heavy atom. The summed E-state index contributed by atoms with van der Waals surface area (Å²) in [5.41, 5.74) is 19.0. The molecule has 12 rings (SSSR count). The topological polar surface area (TPSA) is 3.24 Å². The first-order valence-electron chi connectivity index (χ1n) is 20.0. The van der Waals surface area contributed by atoms with Crippen molar-refractivity contribution >= 4 is 17.1 Å². The van der Waals surface area contributed by atoms with Crippen molar-refractivity contribution in [2.75, 3.05) is 4.90 Å². The van der Waals surface area contributed by atoms with E-state index in [-0.39, 0.29) is 5.41 Å². The Morgan fingerprint density at radius 3 is 1.88 bits per heavy atom. The molecule has 0 aliphatic heterocycles. The van der Waals surface area contributed by atoms with E-state index in [1.807, 2.05) is 0 Å². The van der Waals surface area contributed by atoms with Gasteiger partial charge < -0.3 is 4.90 Å². The predicted molar refractivity (Wildman–Crippen MR) is 220 cm³/mol. The summed E-state index contributed by atoms with van der Waals surface area (Å²) >= 11 is 0. The average Bonchev–Trinajstić information content (AvgIpc) is 3.39. The zero-order chi connectivity index (χ0) is 35.1. The molecule has 0 spiro atoms. The molecule has 0 amide bonds. The quantitative estimate of drug-likeness (QED) is 0.176. The summed E-state index contributed by atoms with van der Waals surface area (Å²) in [6, 6.07) is 51.7. The van der Waals surface area contributed by atoms with Gasteiger partial charge in [0.25, 0.3) is 0 Å². The van der Waals surface area contributed by atoms with Gasteiger partial charge in [-0.2, -0.15) is 0 Å². The van der Waals surface area contributed by atoms with E-state index in [2.05, 4.69) is 152 Å². The first-order chi connectivity index (χ1) is 25.5. The van der Waals surface area contributed by atoms with Crippen molar-refractivity contribution in [1.29, 1.82) is 0 Å². The van der Waals surface area contributed by atoms with Gasteiger partial charge in [-0.1, -0.05) is 149 Å². The van der Waals surface area contributed by atoms with Gasteiger partial charge in [0.1, 0.15) is 0 Å². The van der Waals surface area contributed by atoms with Crippen LogP contribution in [0.2, 0.25) is 0 Å². The molecule has 1 saturated carbocycles. The minimum atomic E-state index is -0.118. The summed E-state index contributed by atoms with van der Waals surface area (Å²) in [6.07, 6.45) is 13.6. The monoisotopic (exact) mass is 677 g/mol. The van der Waals surface area contributed by atoms with E-state index in [1.54, 1.807) is 0 Å². The number of aryl methyl sites for hydroxylation is 4. The first-order valence-corrected chi connectivity index (χ1v) is 20.0. The fourth-order valence-corrected chi connectivity index (χ4v) is 9.51. The van der Waals surface area contributed by atoms with Crippen LogP contribution >= 0.6 is 0 Å². The summed E-state index contributed by atoms with van der Waals surface area (Å²) in [7, 11) is 0. The van der Waals surface area contributed by atoms with E-state index in [4.69, 9.17) is 0 Å². The highest BCUT2D eigenvalue weighted by Gasteiger charge is 2.38. The van der Waals surface area contributed by atoms with Crippen LogP contribution in [-0.2, 0) is 31.1 Å². The van der Waals surface area contributed by atoms with E-state index in [1.165, 1.54) is 123 Å². The van der Waals surface area contributed by atoms with Crippen LogP contribution in [0.1, 0.15) is 104 Å². The molecule has 1 heteroatoms. The Bertz CT molecular complexity index is 2180. The molecule has 1 fully saturated rings. The lowest BCUT2D eigenvalue weighted by molar-refractivity contribution is 0.455. The van der Waals surface area contributed by atoms with Gasteiger partial charge in [0.05, 0.1) is 0 Å². The molecule has 0 radical (unpaired) electrons. The average molecular weight is 678 g/mol. The van der Waals surface area contributed by atoms with E-state index < -0.39 is 0 Å². The maximum atomic E-state index is 2.61. The Kier molecular flexibility index (Phi) is 8.83. The molecule has 0 aromatic heterocycles. The summed E-state index contributed by atoms with van der Waals surface area (Å²) in [5, 5.41) is 0. The van der Waals surface area contributed by atoms with E-state index >= 15 is 0 Å². The molecule has 6 aromatic carbocycles. The molecule has 0 unspecified atom stereocenters. The Balaban J connectivity index is 1.24. The number of anilines is 3. The number of fused-ring (bicyclic) bond motifs is 3. The van der Waals surface area contributed by atoms with Crippen molar-refractivity contribution in [2.45, 2.75) is 95.8 Å². The van der Waals surface area contributed by atoms with Gasteiger partial charge in [-0.15, -0.1) is 0 Å². The molecule has 260 valence electrons. The zero-order valence-electron chi connectivity index (χ0n) is 31.0. The van der Waals surface area contributed by atoms with Crippen molar-refractivity contribution in [3.63, 3.8) is 0 Å². The maximum Gasteiger partial charge on any atom is 0.0496 e. The van der Waals surface area contributed by atoms with Crippen LogP contribution in [-0.4, -0.2) is 0 Å². The molecule has 6 aliphatic rings. The molecule has 0 heterocycles. The Morgan fingerprint density at radius 1 is 0.500 bits per heavy atom. The second kappa shape index (κ2) is 13.9. The van der Waals surface area contributed by atoms with E-state index in [0.717, 1.165) is 25.7 Å².